The molecule has 0 N–H and O–H groups in total. The Morgan fingerprint density at radius 1 is 1.14 bits per heavy atom. The van der Waals surface area contributed by atoms with Crippen molar-refractivity contribution in [3.8, 4) is 17.1 Å². The second-order valence-electron chi connectivity index (χ2n) is 6.30. The number of thioether (sulfide) groups is 1. The van der Waals surface area contributed by atoms with Gasteiger partial charge in [-0.05, 0) is 35.9 Å². The van der Waals surface area contributed by atoms with Crippen LogP contribution in [0.5, 0.6) is 5.75 Å². The number of rotatable bonds is 8. The van der Waals surface area contributed by atoms with Gasteiger partial charge in [0.1, 0.15) is 11.5 Å². The topological polar surface area (TPSA) is 53.1 Å². The number of furan rings is 1. The quantitative estimate of drug-likeness (QED) is 0.230. The summed E-state index contributed by atoms with van der Waals surface area (Å²) >= 11 is 1.62. The Labute approximate surface area is 168 Å². The van der Waals surface area contributed by atoms with Gasteiger partial charge in [0.2, 0.25) is 0 Å². The third-order valence-corrected chi connectivity index (χ3v) is 5.36. The highest BCUT2D eigenvalue weighted by atomic mass is 32.2. The molecular formula is C22H21N3O2S. The number of aromatic nitrogens is 3. The molecule has 4 rings (SSSR count). The molecule has 0 atom stereocenters. The lowest BCUT2D eigenvalue weighted by molar-refractivity contribution is 0.344. The second-order valence-corrected chi connectivity index (χ2v) is 7.36. The highest BCUT2D eigenvalue weighted by Gasteiger charge is 2.16. The maximum absolute atomic E-state index is 5.92. The molecule has 0 aliphatic rings. The van der Waals surface area contributed by atoms with Crippen molar-refractivity contribution < 1.29 is 9.15 Å². The smallest absolute Gasteiger partial charge is 0.191 e. The van der Waals surface area contributed by atoms with Crippen molar-refractivity contribution in [3.63, 3.8) is 0 Å². The third-order valence-electron chi connectivity index (χ3n) is 4.43. The zero-order chi connectivity index (χ0) is 19.3. The summed E-state index contributed by atoms with van der Waals surface area (Å²) in [6, 6.07) is 16.3. The van der Waals surface area contributed by atoms with Crippen molar-refractivity contribution in [3.05, 3.63) is 73.2 Å². The van der Waals surface area contributed by atoms with Crippen molar-refractivity contribution in [2.45, 2.75) is 18.6 Å². The number of hydrogen-bond acceptors (Lipinski definition) is 5. The molecule has 0 saturated heterocycles. The number of aryl methyl sites for hydroxylation is 1. The summed E-state index contributed by atoms with van der Waals surface area (Å²) in [5.74, 6) is 3.27. The van der Waals surface area contributed by atoms with Crippen LogP contribution in [0.3, 0.4) is 0 Å². The number of allylic oxidation sites excluding steroid dienone is 1. The van der Waals surface area contributed by atoms with E-state index in [4.69, 9.17) is 9.15 Å². The van der Waals surface area contributed by atoms with Gasteiger partial charge in [-0.2, -0.15) is 0 Å². The maximum atomic E-state index is 5.92. The van der Waals surface area contributed by atoms with Crippen LogP contribution in [0.2, 0.25) is 0 Å². The minimum atomic E-state index is 0.587. The van der Waals surface area contributed by atoms with Crippen LogP contribution in [0, 0.1) is 6.92 Å². The molecule has 0 spiro atoms. The van der Waals surface area contributed by atoms with Crippen LogP contribution in [-0.2, 0) is 6.54 Å². The lowest BCUT2D eigenvalue weighted by atomic mass is 10.1. The summed E-state index contributed by atoms with van der Waals surface area (Å²) in [4.78, 5) is 0. The molecule has 0 saturated carbocycles. The van der Waals surface area contributed by atoms with E-state index >= 15 is 0 Å². The Kier molecular flexibility index (Phi) is 5.48. The summed E-state index contributed by atoms with van der Waals surface area (Å²) in [7, 11) is 0. The molecule has 0 radical (unpaired) electrons. The van der Waals surface area contributed by atoms with Gasteiger partial charge in [-0.1, -0.05) is 48.2 Å². The van der Waals surface area contributed by atoms with Gasteiger partial charge in [-0.25, -0.2) is 0 Å². The Morgan fingerprint density at radius 3 is 2.79 bits per heavy atom. The highest BCUT2D eigenvalue weighted by molar-refractivity contribution is 7.99. The van der Waals surface area contributed by atoms with E-state index in [2.05, 4.69) is 41.0 Å². The first kappa shape index (κ1) is 18.4. The lowest BCUT2D eigenvalue weighted by Gasteiger charge is -2.09. The summed E-state index contributed by atoms with van der Waals surface area (Å²) in [5.41, 5.74) is 0.952. The summed E-state index contributed by atoms with van der Waals surface area (Å²) < 4.78 is 13.4. The van der Waals surface area contributed by atoms with Crippen molar-refractivity contribution in [1.29, 1.82) is 0 Å². The summed E-state index contributed by atoms with van der Waals surface area (Å²) in [6.07, 6.45) is 3.51. The van der Waals surface area contributed by atoms with Gasteiger partial charge in [0.15, 0.2) is 11.0 Å². The summed E-state index contributed by atoms with van der Waals surface area (Å²) in [6.45, 7) is 7.00. The lowest BCUT2D eigenvalue weighted by Crippen LogP contribution is -2.04. The van der Waals surface area contributed by atoms with E-state index in [-0.39, 0.29) is 0 Å². The molecule has 0 fully saturated rings. The van der Waals surface area contributed by atoms with E-state index in [9.17, 15) is 0 Å². The largest absolute Gasteiger partial charge is 0.493 e. The van der Waals surface area contributed by atoms with E-state index in [0.717, 1.165) is 33.8 Å². The fraction of sp³-hybridized carbons (Fsp3) is 0.182. The van der Waals surface area contributed by atoms with E-state index in [1.54, 1.807) is 18.0 Å². The van der Waals surface area contributed by atoms with E-state index in [1.165, 1.54) is 10.8 Å². The molecule has 0 aliphatic heterocycles. The van der Waals surface area contributed by atoms with Gasteiger partial charge in [0.25, 0.3) is 0 Å². The SMILES string of the molecule is C=CCn1c(SCCOc2ccc3ccccc3c2)nnc1-c1ccoc1C. The van der Waals surface area contributed by atoms with Crippen LogP contribution in [-0.4, -0.2) is 27.1 Å². The fourth-order valence-electron chi connectivity index (χ4n) is 3.06. The molecule has 6 heteroatoms. The molecule has 28 heavy (non-hydrogen) atoms. The highest BCUT2D eigenvalue weighted by Crippen LogP contribution is 2.27. The zero-order valence-corrected chi connectivity index (χ0v) is 16.5. The van der Waals surface area contributed by atoms with E-state index in [1.807, 2.05) is 41.8 Å². The molecule has 0 unspecified atom stereocenters. The standard InChI is InChI=1S/C22H21N3O2S/c1-3-11-25-21(20-10-12-26-16(20)2)23-24-22(25)28-14-13-27-19-9-8-17-6-4-5-7-18(17)15-19/h3-10,12,15H,1,11,13-14H2,2H3. The van der Waals surface area contributed by atoms with Crippen LogP contribution >= 0.6 is 11.8 Å². The minimum Gasteiger partial charge on any atom is -0.493 e. The van der Waals surface area contributed by atoms with Gasteiger partial charge >= 0.3 is 0 Å². The number of hydrogen-bond donors (Lipinski definition) is 0. The summed E-state index contributed by atoms with van der Waals surface area (Å²) in [5, 5.41) is 11.9. The van der Waals surface area contributed by atoms with Crippen LogP contribution < -0.4 is 4.74 Å². The molecule has 2 heterocycles. The number of benzene rings is 2. The molecule has 2 aromatic heterocycles. The van der Waals surface area contributed by atoms with Gasteiger partial charge in [-0.15, -0.1) is 16.8 Å². The first-order valence-corrected chi connectivity index (χ1v) is 10.1. The van der Waals surface area contributed by atoms with Crippen LogP contribution in [0.4, 0.5) is 0 Å². The van der Waals surface area contributed by atoms with Crippen LogP contribution in [0.15, 0.2) is 77.0 Å². The first-order chi connectivity index (χ1) is 13.8. The molecule has 0 amide bonds. The minimum absolute atomic E-state index is 0.587. The molecule has 2 aromatic carbocycles. The molecule has 4 aromatic rings. The third kappa shape index (κ3) is 3.82. The maximum Gasteiger partial charge on any atom is 0.191 e. The van der Waals surface area contributed by atoms with Gasteiger partial charge < -0.3 is 9.15 Å². The number of ether oxygens (including phenoxy) is 1. The van der Waals surface area contributed by atoms with Gasteiger partial charge in [0, 0.05) is 12.3 Å². The van der Waals surface area contributed by atoms with Crippen molar-refractivity contribution in [2.24, 2.45) is 0 Å². The molecular weight excluding hydrogens is 370 g/mol. The fourth-order valence-corrected chi connectivity index (χ4v) is 3.82. The Bertz CT molecular complexity index is 1100. The number of nitrogens with zero attached hydrogens (tertiary/aromatic N) is 3. The van der Waals surface area contributed by atoms with Crippen molar-refractivity contribution >= 4 is 22.5 Å². The Balaban J connectivity index is 1.41. The van der Waals surface area contributed by atoms with E-state index < -0.39 is 0 Å². The monoisotopic (exact) mass is 391 g/mol. The van der Waals surface area contributed by atoms with Gasteiger partial charge in [0.05, 0.1) is 18.4 Å². The van der Waals surface area contributed by atoms with Crippen molar-refractivity contribution in [1.82, 2.24) is 14.8 Å². The normalized spacial score (nSPS) is 11.0. The second kappa shape index (κ2) is 8.35. The predicted molar refractivity (Wildman–Crippen MR) is 113 cm³/mol. The van der Waals surface area contributed by atoms with Gasteiger partial charge in [-0.3, -0.25) is 4.57 Å². The van der Waals surface area contributed by atoms with E-state index in [0.29, 0.717) is 13.2 Å². The molecule has 0 bridgehead atoms. The Hall–Kier alpha value is -2.99. The number of fused-ring (bicyclic) bond motifs is 1. The molecule has 5 nitrogen and oxygen atoms in total. The average Bonchev–Trinajstić information content (AvgIpc) is 3.31. The van der Waals surface area contributed by atoms with Crippen LogP contribution in [0.25, 0.3) is 22.2 Å². The molecule has 142 valence electrons. The average molecular weight is 391 g/mol. The Morgan fingerprint density at radius 2 is 2.00 bits per heavy atom. The zero-order valence-electron chi connectivity index (χ0n) is 15.7. The molecule has 0 aliphatic carbocycles. The first-order valence-electron chi connectivity index (χ1n) is 9.09. The van der Waals surface area contributed by atoms with Crippen molar-refractivity contribution in [2.75, 3.05) is 12.4 Å². The predicted octanol–water partition coefficient (Wildman–Crippen LogP) is 5.36. The van der Waals surface area contributed by atoms with Crippen LogP contribution in [0.1, 0.15) is 5.76 Å².